The van der Waals surface area contributed by atoms with Crippen LogP contribution in [0, 0.1) is 5.92 Å². The molecular formula is C14H19N3O2S. The van der Waals surface area contributed by atoms with Crippen molar-refractivity contribution in [2.75, 3.05) is 0 Å². The molecule has 20 heavy (non-hydrogen) atoms. The Bertz CT molecular complexity index is 527. The molecule has 2 unspecified atom stereocenters. The molecule has 108 valence electrons. The molecule has 1 saturated heterocycles. The van der Waals surface area contributed by atoms with Crippen molar-refractivity contribution in [3.8, 4) is 0 Å². The molecule has 2 heterocycles. The quantitative estimate of drug-likeness (QED) is 0.919. The van der Waals surface area contributed by atoms with Gasteiger partial charge >= 0.3 is 0 Å². The van der Waals surface area contributed by atoms with Crippen molar-refractivity contribution < 1.29 is 9.59 Å². The van der Waals surface area contributed by atoms with Gasteiger partial charge in [-0.3, -0.25) is 9.59 Å². The standard InChI is InChI=1S/C14H19N3O2S/c1-9-7-11(18)16-14(2,10-3-4-10)13(19)17(9)8-12-15-5-6-20-12/h5-6,9-10H,3-4,7-8H2,1-2H3,(H,16,18). The summed E-state index contributed by atoms with van der Waals surface area (Å²) < 4.78 is 0. The van der Waals surface area contributed by atoms with Gasteiger partial charge in [0.05, 0.1) is 6.54 Å². The molecule has 1 aromatic heterocycles. The molecule has 1 aromatic rings. The van der Waals surface area contributed by atoms with Crippen LogP contribution in [0.1, 0.15) is 38.1 Å². The van der Waals surface area contributed by atoms with Gasteiger partial charge in [0.15, 0.2) is 0 Å². The SMILES string of the molecule is CC1CC(=O)NC(C)(C2CC2)C(=O)N1Cc1nccs1. The second-order valence-corrected chi connectivity index (χ2v) is 6.92. The van der Waals surface area contributed by atoms with Crippen molar-refractivity contribution in [1.29, 1.82) is 0 Å². The van der Waals surface area contributed by atoms with Crippen LogP contribution in [0.25, 0.3) is 0 Å². The van der Waals surface area contributed by atoms with E-state index in [9.17, 15) is 9.59 Å². The fourth-order valence-corrected chi connectivity index (χ4v) is 3.53. The minimum absolute atomic E-state index is 0.0260. The van der Waals surface area contributed by atoms with Crippen LogP contribution in [0.5, 0.6) is 0 Å². The number of nitrogens with zero attached hydrogens (tertiary/aromatic N) is 2. The Morgan fingerprint density at radius 2 is 2.25 bits per heavy atom. The molecular weight excluding hydrogens is 274 g/mol. The van der Waals surface area contributed by atoms with E-state index in [0.717, 1.165) is 17.8 Å². The van der Waals surface area contributed by atoms with Gasteiger partial charge in [-0.2, -0.15) is 0 Å². The maximum atomic E-state index is 12.9. The van der Waals surface area contributed by atoms with Crippen LogP contribution in [-0.4, -0.2) is 33.3 Å². The molecule has 0 aromatic carbocycles. The molecule has 2 fully saturated rings. The van der Waals surface area contributed by atoms with Gasteiger partial charge in [0, 0.05) is 24.0 Å². The number of carbonyl (C=O) groups is 2. The van der Waals surface area contributed by atoms with Gasteiger partial charge in [-0.1, -0.05) is 0 Å². The molecule has 2 aliphatic rings. The molecule has 1 aliphatic heterocycles. The van der Waals surface area contributed by atoms with E-state index in [1.54, 1.807) is 17.5 Å². The van der Waals surface area contributed by atoms with E-state index >= 15 is 0 Å². The highest BCUT2D eigenvalue weighted by molar-refractivity contribution is 7.09. The molecule has 1 N–H and O–H groups in total. The van der Waals surface area contributed by atoms with Crippen LogP contribution in [0.4, 0.5) is 0 Å². The van der Waals surface area contributed by atoms with E-state index in [4.69, 9.17) is 0 Å². The van der Waals surface area contributed by atoms with Crippen molar-refractivity contribution in [2.45, 2.75) is 51.2 Å². The number of carbonyl (C=O) groups excluding carboxylic acids is 2. The predicted molar refractivity (Wildman–Crippen MR) is 76.0 cm³/mol. The average Bonchev–Trinajstić information content (AvgIpc) is 3.13. The van der Waals surface area contributed by atoms with Crippen molar-refractivity contribution in [3.05, 3.63) is 16.6 Å². The summed E-state index contributed by atoms with van der Waals surface area (Å²) in [5, 5.41) is 5.78. The van der Waals surface area contributed by atoms with Gasteiger partial charge in [-0.05, 0) is 32.6 Å². The van der Waals surface area contributed by atoms with Gasteiger partial charge in [-0.15, -0.1) is 11.3 Å². The number of nitrogens with one attached hydrogen (secondary N) is 1. The highest BCUT2D eigenvalue weighted by Crippen LogP contribution is 2.42. The number of hydrogen-bond acceptors (Lipinski definition) is 4. The topological polar surface area (TPSA) is 62.3 Å². The first-order valence-corrected chi connectivity index (χ1v) is 7.89. The number of rotatable bonds is 3. The highest BCUT2D eigenvalue weighted by atomic mass is 32.1. The lowest BCUT2D eigenvalue weighted by Crippen LogP contribution is -2.57. The lowest BCUT2D eigenvalue weighted by molar-refractivity contribution is -0.141. The zero-order valence-electron chi connectivity index (χ0n) is 11.8. The molecule has 3 rings (SSSR count). The van der Waals surface area contributed by atoms with Gasteiger partial charge in [0.2, 0.25) is 11.8 Å². The van der Waals surface area contributed by atoms with Crippen LogP contribution in [0.2, 0.25) is 0 Å². The molecule has 2 amide bonds. The van der Waals surface area contributed by atoms with Crippen LogP contribution < -0.4 is 5.32 Å². The summed E-state index contributed by atoms with van der Waals surface area (Å²) in [6, 6.07) is -0.0908. The fraction of sp³-hybridized carbons (Fsp3) is 0.643. The Labute approximate surface area is 122 Å². The Hall–Kier alpha value is -1.43. The summed E-state index contributed by atoms with van der Waals surface area (Å²) in [5.74, 6) is 0.290. The zero-order valence-corrected chi connectivity index (χ0v) is 12.6. The van der Waals surface area contributed by atoms with E-state index in [-0.39, 0.29) is 23.8 Å². The third-order valence-electron chi connectivity index (χ3n) is 4.30. The van der Waals surface area contributed by atoms with Crippen LogP contribution in [0.15, 0.2) is 11.6 Å². The first kappa shape index (κ1) is 13.5. The largest absolute Gasteiger partial charge is 0.342 e. The smallest absolute Gasteiger partial charge is 0.248 e. The normalized spacial score (nSPS) is 31.1. The number of aromatic nitrogens is 1. The van der Waals surface area contributed by atoms with Crippen LogP contribution >= 0.6 is 11.3 Å². The number of thiazole rings is 1. The van der Waals surface area contributed by atoms with Gasteiger partial charge in [0.1, 0.15) is 10.5 Å². The first-order chi connectivity index (χ1) is 9.50. The highest BCUT2D eigenvalue weighted by Gasteiger charge is 2.52. The van der Waals surface area contributed by atoms with Gasteiger partial charge in [-0.25, -0.2) is 4.98 Å². The summed E-state index contributed by atoms with van der Waals surface area (Å²) in [7, 11) is 0. The third kappa shape index (κ3) is 2.32. The zero-order chi connectivity index (χ0) is 14.3. The summed E-state index contributed by atoms with van der Waals surface area (Å²) in [6.07, 6.45) is 4.14. The fourth-order valence-electron chi connectivity index (χ4n) is 2.91. The van der Waals surface area contributed by atoms with E-state index < -0.39 is 5.54 Å². The van der Waals surface area contributed by atoms with Crippen molar-refractivity contribution in [2.24, 2.45) is 5.92 Å². The maximum absolute atomic E-state index is 12.9. The Morgan fingerprint density at radius 3 is 2.85 bits per heavy atom. The molecule has 0 radical (unpaired) electrons. The molecule has 1 saturated carbocycles. The van der Waals surface area contributed by atoms with E-state index in [0.29, 0.717) is 13.0 Å². The van der Waals surface area contributed by atoms with Crippen LogP contribution in [-0.2, 0) is 16.1 Å². The van der Waals surface area contributed by atoms with Crippen molar-refractivity contribution in [1.82, 2.24) is 15.2 Å². The van der Waals surface area contributed by atoms with Gasteiger partial charge in [0.25, 0.3) is 0 Å². The van der Waals surface area contributed by atoms with Crippen molar-refractivity contribution >= 4 is 23.2 Å². The minimum Gasteiger partial charge on any atom is -0.342 e. The molecule has 6 heteroatoms. The van der Waals surface area contributed by atoms with E-state index in [1.165, 1.54) is 0 Å². The van der Waals surface area contributed by atoms with Crippen molar-refractivity contribution in [3.63, 3.8) is 0 Å². The lowest BCUT2D eigenvalue weighted by Gasteiger charge is -2.34. The molecule has 1 aliphatic carbocycles. The Balaban J connectivity index is 1.89. The minimum atomic E-state index is -0.737. The first-order valence-electron chi connectivity index (χ1n) is 7.01. The molecule has 0 spiro atoms. The molecule has 0 bridgehead atoms. The Morgan fingerprint density at radius 1 is 1.50 bits per heavy atom. The molecule has 5 nitrogen and oxygen atoms in total. The summed E-state index contributed by atoms with van der Waals surface area (Å²) in [6.45, 7) is 4.30. The van der Waals surface area contributed by atoms with Crippen LogP contribution in [0.3, 0.4) is 0 Å². The monoisotopic (exact) mass is 293 g/mol. The van der Waals surface area contributed by atoms with E-state index in [1.807, 2.05) is 24.1 Å². The third-order valence-corrected chi connectivity index (χ3v) is 5.06. The molecule has 2 atom stereocenters. The number of amides is 2. The summed E-state index contributed by atoms with van der Waals surface area (Å²) >= 11 is 1.54. The van der Waals surface area contributed by atoms with Gasteiger partial charge < -0.3 is 10.2 Å². The second-order valence-electron chi connectivity index (χ2n) is 5.94. The second kappa shape index (κ2) is 4.84. The maximum Gasteiger partial charge on any atom is 0.248 e. The average molecular weight is 293 g/mol. The lowest BCUT2D eigenvalue weighted by atomic mass is 9.94. The summed E-state index contributed by atoms with van der Waals surface area (Å²) in [5.41, 5.74) is -0.737. The predicted octanol–water partition coefficient (Wildman–Crippen LogP) is 1.55. The number of hydrogen-bond donors (Lipinski definition) is 1. The van der Waals surface area contributed by atoms with E-state index in [2.05, 4.69) is 10.3 Å². The summed E-state index contributed by atoms with van der Waals surface area (Å²) in [4.78, 5) is 31.0. The Kier molecular flexibility index (Phi) is 3.28.